The summed E-state index contributed by atoms with van der Waals surface area (Å²) in [5.41, 5.74) is -0.679. The fourth-order valence-corrected chi connectivity index (χ4v) is 3.38. The number of halogens is 3. The summed E-state index contributed by atoms with van der Waals surface area (Å²) in [6.07, 6.45) is -2.31. The zero-order valence-electron chi connectivity index (χ0n) is 13.7. The summed E-state index contributed by atoms with van der Waals surface area (Å²) in [5, 5.41) is 10.8. The highest BCUT2D eigenvalue weighted by atomic mass is 32.2. The lowest BCUT2D eigenvalue weighted by atomic mass is 10.2. The number of benzene rings is 1. The molecule has 0 unspecified atom stereocenters. The molecule has 0 saturated heterocycles. The Kier molecular flexibility index (Phi) is 4.77. The largest absolute Gasteiger partial charge is 0.416 e. The van der Waals surface area contributed by atoms with E-state index in [1.807, 2.05) is 11.5 Å². The van der Waals surface area contributed by atoms with Gasteiger partial charge in [0.1, 0.15) is 5.82 Å². The molecule has 1 aromatic carbocycles. The fraction of sp³-hybridized carbons (Fsp3) is 0.438. The second kappa shape index (κ2) is 6.70. The average molecular weight is 370 g/mol. The molecule has 9 heteroatoms. The molecule has 2 aromatic rings. The van der Waals surface area contributed by atoms with Gasteiger partial charge in [0.2, 0.25) is 5.91 Å². The normalized spacial score (nSPS) is 15.9. The van der Waals surface area contributed by atoms with Crippen molar-refractivity contribution in [1.82, 2.24) is 14.8 Å². The van der Waals surface area contributed by atoms with Crippen LogP contribution in [-0.4, -0.2) is 25.9 Å². The Labute approximate surface area is 147 Å². The van der Waals surface area contributed by atoms with Crippen LogP contribution in [0.2, 0.25) is 0 Å². The van der Waals surface area contributed by atoms with E-state index in [2.05, 4.69) is 15.5 Å². The number of carbonyl (C=O) groups excluding carboxylic acids is 1. The summed E-state index contributed by atoms with van der Waals surface area (Å²) in [4.78, 5) is 12.3. The number of thioether (sulfide) groups is 1. The molecule has 1 aliphatic carbocycles. The maximum absolute atomic E-state index is 12.7. The number of rotatable bonds is 5. The van der Waals surface area contributed by atoms with E-state index >= 15 is 0 Å². The van der Waals surface area contributed by atoms with Crippen LogP contribution in [0.15, 0.2) is 29.4 Å². The van der Waals surface area contributed by atoms with Gasteiger partial charge < -0.3 is 9.88 Å². The molecule has 1 aliphatic rings. The van der Waals surface area contributed by atoms with Crippen molar-refractivity contribution in [2.75, 3.05) is 5.32 Å². The van der Waals surface area contributed by atoms with E-state index in [1.165, 1.54) is 23.9 Å². The van der Waals surface area contributed by atoms with Crippen LogP contribution in [0.4, 0.5) is 18.9 Å². The van der Waals surface area contributed by atoms with E-state index in [1.54, 1.807) is 6.92 Å². The molecule has 1 heterocycles. The van der Waals surface area contributed by atoms with Crippen molar-refractivity contribution in [2.24, 2.45) is 0 Å². The maximum Gasteiger partial charge on any atom is 0.416 e. The summed E-state index contributed by atoms with van der Waals surface area (Å²) >= 11 is 1.25. The van der Waals surface area contributed by atoms with Gasteiger partial charge in [-0.3, -0.25) is 4.79 Å². The third-order valence-electron chi connectivity index (χ3n) is 3.86. The highest BCUT2D eigenvalue weighted by molar-refractivity contribution is 8.00. The standard InChI is InChI=1S/C16H17F3N4OS/c1-9(25-15-22-21-10(2)23(15)13-6-7-13)14(24)20-12-5-3-4-11(8-12)16(17,18)19/h3-5,8-9,13H,6-7H2,1-2H3,(H,20,24)/t9-/m1/s1. The number of anilines is 1. The van der Waals surface area contributed by atoms with E-state index in [4.69, 9.17) is 0 Å². The number of carbonyl (C=O) groups is 1. The van der Waals surface area contributed by atoms with E-state index in [9.17, 15) is 18.0 Å². The van der Waals surface area contributed by atoms with Crippen LogP contribution in [-0.2, 0) is 11.0 Å². The number of amides is 1. The first-order chi connectivity index (χ1) is 11.8. The van der Waals surface area contributed by atoms with E-state index in [0.29, 0.717) is 11.2 Å². The lowest BCUT2D eigenvalue weighted by Crippen LogP contribution is -2.23. The second-order valence-electron chi connectivity index (χ2n) is 5.96. The molecule has 0 aliphatic heterocycles. The minimum atomic E-state index is -4.45. The van der Waals surface area contributed by atoms with Crippen molar-refractivity contribution >= 4 is 23.4 Å². The van der Waals surface area contributed by atoms with Crippen LogP contribution in [0, 0.1) is 6.92 Å². The monoisotopic (exact) mass is 370 g/mol. The molecule has 5 nitrogen and oxygen atoms in total. The first-order valence-corrected chi connectivity index (χ1v) is 8.70. The molecule has 0 radical (unpaired) electrons. The summed E-state index contributed by atoms with van der Waals surface area (Å²) in [6.45, 7) is 3.55. The van der Waals surface area contributed by atoms with Gasteiger partial charge in [-0.1, -0.05) is 17.8 Å². The van der Waals surface area contributed by atoms with Gasteiger partial charge in [-0.2, -0.15) is 13.2 Å². The zero-order valence-corrected chi connectivity index (χ0v) is 14.5. The fourth-order valence-electron chi connectivity index (χ4n) is 2.41. The van der Waals surface area contributed by atoms with Crippen LogP contribution >= 0.6 is 11.8 Å². The van der Waals surface area contributed by atoms with Crippen LogP contribution < -0.4 is 5.32 Å². The smallest absolute Gasteiger partial charge is 0.325 e. The van der Waals surface area contributed by atoms with Gasteiger partial charge in [0.05, 0.1) is 10.8 Å². The van der Waals surface area contributed by atoms with Crippen LogP contribution in [0.3, 0.4) is 0 Å². The lowest BCUT2D eigenvalue weighted by molar-refractivity contribution is -0.137. The van der Waals surface area contributed by atoms with E-state index in [0.717, 1.165) is 30.8 Å². The first kappa shape index (κ1) is 17.8. The third-order valence-corrected chi connectivity index (χ3v) is 4.91. The Morgan fingerprint density at radius 3 is 2.72 bits per heavy atom. The highest BCUT2D eigenvalue weighted by Crippen LogP contribution is 2.39. The molecule has 1 N–H and O–H groups in total. The minimum absolute atomic E-state index is 0.118. The van der Waals surface area contributed by atoms with Gasteiger partial charge in [-0.05, 0) is 44.9 Å². The van der Waals surface area contributed by atoms with E-state index < -0.39 is 17.0 Å². The summed E-state index contributed by atoms with van der Waals surface area (Å²) in [5.74, 6) is 0.419. The second-order valence-corrected chi connectivity index (χ2v) is 7.27. The van der Waals surface area contributed by atoms with Gasteiger partial charge in [0.15, 0.2) is 5.16 Å². The highest BCUT2D eigenvalue weighted by Gasteiger charge is 2.31. The number of hydrogen-bond donors (Lipinski definition) is 1. The van der Waals surface area contributed by atoms with Crippen LogP contribution in [0.1, 0.15) is 37.2 Å². The molecule has 134 valence electrons. The first-order valence-electron chi connectivity index (χ1n) is 7.82. The quantitative estimate of drug-likeness (QED) is 0.807. The Morgan fingerprint density at radius 1 is 1.36 bits per heavy atom. The molecule has 1 amide bonds. The topological polar surface area (TPSA) is 59.8 Å². The van der Waals surface area contributed by atoms with Gasteiger partial charge in [-0.25, -0.2) is 0 Å². The van der Waals surface area contributed by atoms with Gasteiger partial charge in [0, 0.05) is 11.7 Å². The maximum atomic E-state index is 12.7. The molecule has 3 rings (SSSR count). The Hall–Kier alpha value is -2.03. The van der Waals surface area contributed by atoms with Gasteiger partial charge in [0.25, 0.3) is 0 Å². The minimum Gasteiger partial charge on any atom is -0.325 e. The van der Waals surface area contributed by atoms with Crippen molar-refractivity contribution in [2.45, 2.75) is 49.3 Å². The van der Waals surface area contributed by atoms with E-state index in [-0.39, 0.29) is 11.6 Å². The van der Waals surface area contributed by atoms with Gasteiger partial charge in [-0.15, -0.1) is 10.2 Å². The summed E-state index contributed by atoms with van der Waals surface area (Å²) in [7, 11) is 0. The molecular weight excluding hydrogens is 353 g/mol. The molecule has 1 aromatic heterocycles. The Morgan fingerprint density at radius 2 is 2.08 bits per heavy atom. The number of aryl methyl sites for hydroxylation is 1. The molecule has 1 fully saturated rings. The summed E-state index contributed by atoms with van der Waals surface area (Å²) in [6, 6.07) is 4.97. The number of hydrogen-bond acceptors (Lipinski definition) is 4. The summed E-state index contributed by atoms with van der Waals surface area (Å²) < 4.78 is 40.2. The molecule has 0 bridgehead atoms. The lowest BCUT2D eigenvalue weighted by Gasteiger charge is -2.14. The van der Waals surface area contributed by atoms with Crippen LogP contribution in [0.25, 0.3) is 0 Å². The molecule has 0 spiro atoms. The van der Waals surface area contributed by atoms with Crippen molar-refractivity contribution < 1.29 is 18.0 Å². The predicted molar refractivity (Wildman–Crippen MR) is 88.4 cm³/mol. The van der Waals surface area contributed by atoms with Crippen LogP contribution in [0.5, 0.6) is 0 Å². The number of aromatic nitrogens is 3. The van der Waals surface area contributed by atoms with Gasteiger partial charge >= 0.3 is 6.18 Å². The average Bonchev–Trinajstić information content (AvgIpc) is 3.31. The molecular formula is C16H17F3N4OS. The molecule has 1 saturated carbocycles. The number of nitrogens with one attached hydrogen (secondary N) is 1. The predicted octanol–water partition coefficient (Wildman–Crippen LogP) is 4.06. The zero-order chi connectivity index (χ0) is 18.2. The molecule has 1 atom stereocenters. The van der Waals surface area contributed by atoms with Crippen molar-refractivity contribution in [1.29, 1.82) is 0 Å². The Balaban J connectivity index is 1.67. The Bertz CT molecular complexity index is 786. The van der Waals surface area contributed by atoms with Crippen molar-refractivity contribution in [3.63, 3.8) is 0 Å². The SMILES string of the molecule is Cc1nnc(S[C@H](C)C(=O)Nc2cccc(C(F)(F)F)c2)n1C1CC1. The molecule has 25 heavy (non-hydrogen) atoms. The third kappa shape index (κ3) is 4.15. The van der Waals surface area contributed by atoms with Crippen molar-refractivity contribution in [3.05, 3.63) is 35.7 Å². The number of alkyl halides is 3. The van der Waals surface area contributed by atoms with Crippen molar-refractivity contribution in [3.8, 4) is 0 Å². The number of nitrogens with zero attached hydrogens (tertiary/aromatic N) is 3.